The molecule has 0 saturated carbocycles. The maximum Gasteiger partial charge on any atom is 0.213 e. The van der Waals surface area contributed by atoms with E-state index >= 15 is 0 Å². The number of pyridine rings is 1. The van der Waals surface area contributed by atoms with E-state index in [4.69, 9.17) is 10.5 Å². The minimum atomic E-state index is 0.587. The molecule has 96 valence electrons. The zero-order valence-corrected chi connectivity index (χ0v) is 10.6. The highest BCUT2D eigenvalue weighted by molar-refractivity contribution is 5.81. The Kier molecular flexibility index (Phi) is 2.79. The van der Waals surface area contributed by atoms with Crippen LogP contribution in [0.15, 0.2) is 42.6 Å². The van der Waals surface area contributed by atoms with Crippen LogP contribution in [0.2, 0.25) is 0 Å². The third-order valence-electron chi connectivity index (χ3n) is 2.97. The summed E-state index contributed by atoms with van der Waals surface area (Å²) in [5.41, 5.74) is 8.44. The zero-order valence-electron chi connectivity index (χ0n) is 10.6. The lowest BCUT2D eigenvalue weighted by molar-refractivity contribution is 0.395. The summed E-state index contributed by atoms with van der Waals surface area (Å²) in [5.74, 6) is 0.605. The average molecular weight is 254 g/mol. The minimum Gasteiger partial charge on any atom is -0.481 e. The molecule has 2 N–H and O–H groups in total. The van der Waals surface area contributed by atoms with Gasteiger partial charge in [0, 0.05) is 17.1 Å². The van der Waals surface area contributed by atoms with Gasteiger partial charge in [0.1, 0.15) is 0 Å². The number of hydrogen-bond acceptors (Lipinski definition) is 4. The standard InChI is InChI=1S/C14H14N4O/c1-19-14-4-2-3-12(17-14)9-18-13-7-11(15)6-5-10(13)8-16-18/h2-8H,9,15H2,1H3. The van der Waals surface area contributed by atoms with Crippen molar-refractivity contribution in [3.8, 4) is 5.88 Å². The van der Waals surface area contributed by atoms with Crippen molar-refractivity contribution in [3.63, 3.8) is 0 Å². The smallest absolute Gasteiger partial charge is 0.213 e. The maximum atomic E-state index is 5.81. The second kappa shape index (κ2) is 4.61. The normalized spacial score (nSPS) is 10.8. The van der Waals surface area contributed by atoms with Gasteiger partial charge in [0.25, 0.3) is 0 Å². The van der Waals surface area contributed by atoms with E-state index in [-0.39, 0.29) is 0 Å². The molecular formula is C14H14N4O. The predicted molar refractivity (Wildman–Crippen MR) is 74.0 cm³/mol. The van der Waals surface area contributed by atoms with E-state index in [1.165, 1.54) is 0 Å². The SMILES string of the molecule is COc1cccc(Cn2ncc3ccc(N)cc32)n1. The van der Waals surface area contributed by atoms with Crippen molar-refractivity contribution in [2.24, 2.45) is 0 Å². The maximum absolute atomic E-state index is 5.81. The van der Waals surface area contributed by atoms with Crippen molar-refractivity contribution in [2.45, 2.75) is 6.54 Å². The Morgan fingerprint density at radius 1 is 1.26 bits per heavy atom. The summed E-state index contributed by atoms with van der Waals surface area (Å²) in [5, 5.41) is 5.43. The van der Waals surface area contributed by atoms with Crippen molar-refractivity contribution < 1.29 is 4.74 Å². The Balaban J connectivity index is 1.98. The predicted octanol–water partition coefficient (Wildman–Crippen LogP) is 2.07. The topological polar surface area (TPSA) is 66.0 Å². The number of anilines is 1. The number of aromatic nitrogens is 3. The molecule has 0 saturated heterocycles. The zero-order chi connectivity index (χ0) is 13.2. The summed E-state index contributed by atoms with van der Waals surface area (Å²) in [6.07, 6.45) is 1.83. The van der Waals surface area contributed by atoms with Gasteiger partial charge in [-0.15, -0.1) is 0 Å². The lowest BCUT2D eigenvalue weighted by Gasteiger charge is -2.05. The monoisotopic (exact) mass is 254 g/mol. The Hall–Kier alpha value is -2.56. The van der Waals surface area contributed by atoms with Crippen LogP contribution in [0.5, 0.6) is 5.88 Å². The molecule has 2 aromatic heterocycles. The van der Waals surface area contributed by atoms with Gasteiger partial charge in [-0.1, -0.05) is 6.07 Å². The van der Waals surface area contributed by atoms with Gasteiger partial charge in [-0.05, 0) is 24.3 Å². The van der Waals surface area contributed by atoms with Gasteiger partial charge in [0.05, 0.1) is 31.1 Å². The summed E-state index contributed by atoms with van der Waals surface area (Å²) in [4.78, 5) is 4.38. The van der Waals surface area contributed by atoms with Crippen LogP contribution in [0.1, 0.15) is 5.69 Å². The minimum absolute atomic E-state index is 0.587. The van der Waals surface area contributed by atoms with E-state index in [1.54, 1.807) is 7.11 Å². The second-order valence-corrected chi connectivity index (χ2v) is 4.29. The molecule has 3 rings (SSSR count). The summed E-state index contributed by atoms with van der Waals surface area (Å²) < 4.78 is 7.00. The molecule has 2 heterocycles. The molecule has 0 radical (unpaired) electrons. The number of nitrogens with zero attached hydrogens (tertiary/aromatic N) is 3. The Labute approximate surface area is 110 Å². The molecule has 0 aliphatic carbocycles. The van der Waals surface area contributed by atoms with Crippen LogP contribution in [0, 0.1) is 0 Å². The fraction of sp³-hybridized carbons (Fsp3) is 0.143. The quantitative estimate of drug-likeness (QED) is 0.727. The van der Waals surface area contributed by atoms with E-state index in [0.717, 1.165) is 22.3 Å². The third-order valence-corrected chi connectivity index (χ3v) is 2.97. The fourth-order valence-corrected chi connectivity index (χ4v) is 2.03. The second-order valence-electron chi connectivity index (χ2n) is 4.29. The number of benzene rings is 1. The molecule has 0 bridgehead atoms. The average Bonchev–Trinajstić information content (AvgIpc) is 2.81. The Bertz CT molecular complexity index is 720. The Morgan fingerprint density at radius 2 is 2.16 bits per heavy atom. The molecule has 5 nitrogen and oxygen atoms in total. The highest BCUT2D eigenvalue weighted by Gasteiger charge is 2.05. The summed E-state index contributed by atoms with van der Waals surface area (Å²) in [6.45, 7) is 0.587. The molecule has 0 aliphatic heterocycles. The van der Waals surface area contributed by atoms with Crippen molar-refractivity contribution in [2.75, 3.05) is 12.8 Å². The molecule has 0 unspecified atom stereocenters. The molecular weight excluding hydrogens is 240 g/mol. The number of rotatable bonds is 3. The van der Waals surface area contributed by atoms with E-state index in [9.17, 15) is 0 Å². The first kappa shape index (κ1) is 11.5. The van der Waals surface area contributed by atoms with Crippen molar-refractivity contribution in [1.29, 1.82) is 0 Å². The van der Waals surface area contributed by atoms with Crippen LogP contribution >= 0.6 is 0 Å². The summed E-state index contributed by atoms with van der Waals surface area (Å²) >= 11 is 0. The van der Waals surface area contributed by atoms with Gasteiger partial charge >= 0.3 is 0 Å². The number of fused-ring (bicyclic) bond motifs is 1. The molecule has 1 aromatic carbocycles. The van der Waals surface area contributed by atoms with Crippen molar-refractivity contribution in [1.82, 2.24) is 14.8 Å². The van der Waals surface area contributed by atoms with E-state index < -0.39 is 0 Å². The van der Waals surface area contributed by atoms with Gasteiger partial charge < -0.3 is 10.5 Å². The van der Waals surface area contributed by atoms with Gasteiger partial charge in [-0.2, -0.15) is 5.10 Å². The van der Waals surface area contributed by atoms with Crippen LogP contribution in [-0.4, -0.2) is 21.9 Å². The van der Waals surface area contributed by atoms with E-state index in [2.05, 4.69) is 10.1 Å². The summed E-state index contributed by atoms with van der Waals surface area (Å²) in [6, 6.07) is 11.4. The highest BCUT2D eigenvalue weighted by atomic mass is 16.5. The van der Waals surface area contributed by atoms with Crippen LogP contribution in [-0.2, 0) is 6.54 Å². The molecule has 5 heteroatoms. The highest BCUT2D eigenvalue weighted by Crippen LogP contribution is 2.18. The molecule has 0 spiro atoms. The lowest BCUT2D eigenvalue weighted by Crippen LogP contribution is -2.04. The van der Waals surface area contributed by atoms with Gasteiger partial charge in [-0.3, -0.25) is 4.68 Å². The van der Waals surface area contributed by atoms with E-state index in [1.807, 2.05) is 47.3 Å². The van der Waals surface area contributed by atoms with Crippen molar-refractivity contribution >= 4 is 16.6 Å². The van der Waals surface area contributed by atoms with Crippen LogP contribution in [0.25, 0.3) is 10.9 Å². The molecule has 0 amide bonds. The van der Waals surface area contributed by atoms with Gasteiger partial charge in [-0.25, -0.2) is 4.98 Å². The third kappa shape index (κ3) is 2.22. The number of nitrogen functional groups attached to an aromatic ring is 1. The number of nitrogens with two attached hydrogens (primary N) is 1. The van der Waals surface area contributed by atoms with Crippen molar-refractivity contribution in [3.05, 3.63) is 48.3 Å². The van der Waals surface area contributed by atoms with Gasteiger partial charge in [0.15, 0.2) is 0 Å². The van der Waals surface area contributed by atoms with Crippen LogP contribution in [0.4, 0.5) is 5.69 Å². The fourth-order valence-electron chi connectivity index (χ4n) is 2.03. The molecule has 0 aliphatic rings. The molecule has 19 heavy (non-hydrogen) atoms. The Morgan fingerprint density at radius 3 is 3.00 bits per heavy atom. The van der Waals surface area contributed by atoms with Crippen LogP contribution < -0.4 is 10.5 Å². The van der Waals surface area contributed by atoms with Gasteiger partial charge in [0.2, 0.25) is 5.88 Å². The molecule has 3 aromatic rings. The van der Waals surface area contributed by atoms with Crippen LogP contribution in [0.3, 0.4) is 0 Å². The first-order valence-corrected chi connectivity index (χ1v) is 5.97. The number of hydrogen-bond donors (Lipinski definition) is 1. The largest absolute Gasteiger partial charge is 0.481 e. The first-order valence-electron chi connectivity index (χ1n) is 5.97. The number of ether oxygens (including phenoxy) is 1. The molecule has 0 atom stereocenters. The lowest BCUT2D eigenvalue weighted by atomic mass is 10.2. The molecule has 0 fully saturated rings. The summed E-state index contributed by atoms with van der Waals surface area (Å²) in [7, 11) is 1.61. The van der Waals surface area contributed by atoms with E-state index in [0.29, 0.717) is 12.4 Å². The first-order chi connectivity index (χ1) is 9.26. The number of methoxy groups -OCH3 is 1.